The van der Waals surface area contributed by atoms with Gasteiger partial charge in [0.05, 0.1) is 5.75 Å². The average molecular weight is 228 g/mol. The third-order valence-electron chi connectivity index (χ3n) is 1.63. The van der Waals surface area contributed by atoms with Crippen molar-refractivity contribution in [2.24, 2.45) is 0 Å². The Balaban J connectivity index is 2.44. The lowest BCUT2D eigenvalue weighted by Gasteiger charge is -2.02. The summed E-state index contributed by atoms with van der Waals surface area (Å²) in [6, 6.07) is 5.10. The molecule has 0 bridgehead atoms. The maximum atomic E-state index is 11.2. The summed E-state index contributed by atoms with van der Waals surface area (Å²) in [4.78, 5) is 15.1. The SMILES string of the molecule is CS(=O)(=O)CCC(=O)Nc1ccccn1. The average Bonchev–Trinajstić information content (AvgIpc) is 2.15. The largest absolute Gasteiger partial charge is 0.311 e. The van der Waals surface area contributed by atoms with Gasteiger partial charge in [-0.3, -0.25) is 4.79 Å². The van der Waals surface area contributed by atoms with E-state index in [1.807, 2.05) is 0 Å². The normalized spacial score (nSPS) is 11.0. The molecule has 0 aromatic carbocycles. The number of anilines is 1. The molecular weight excluding hydrogens is 216 g/mol. The molecule has 0 saturated heterocycles. The molecule has 0 aliphatic carbocycles. The van der Waals surface area contributed by atoms with Crippen LogP contribution in [0.3, 0.4) is 0 Å². The topological polar surface area (TPSA) is 76.1 Å². The standard InChI is InChI=1S/C9H12N2O3S/c1-15(13,14)7-5-9(12)11-8-4-2-3-6-10-8/h2-4,6H,5,7H2,1H3,(H,10,11,12). The van der Waals surface area contributed by atoms with Crippen molar-refractivity contribution < 1.29 is 13.2 Å². The van der Waals surface area contributed by atoms with Gasteiger partial charge < -0.3 is 5.32 Å². The number of amides is 1. The van der Waals surface area contributed by atoms with E-state index < -0.39 is 9.84 Å². The summed E-state index contributed by atoms with van der Waals surface area (Å²) in [7, 11) is -3.09. The van der Waals surface area contributed by atoms with E-state index in [1.165, 1.54) is 0 Å². The zero-order valence-corrected chi connectivity index (χ0v) is 9.12. The lowest BCUT2D eigenvalue weighted by atomic mass is 10.4. The smallest absolute Gasteiger partial charge is 0.226 e. The molecule has 1 amide bonds. The van der Waals surface area contributed by atoms with Gasteiger partial charge in [0.15, 0.2) is 0 Å². The Labute approximate surface area is 88.4 Å². The summed E-state index contributed by atoms with van der Waals surface area (Å²) in [5.41, 5.74) is 0. The van der Waals surface area contributed by atoms with Crippen LogP contribution < -0.4 is 5.32 Å². The van der Waals surface area contributed by atoms with E-state index in [4.69, 9.17) is 0 Å². The van der Waals surface area contributed by atoms with E-state index in [-0.39, 0.29) is 18.1 Å². The van der Waals surface area contributed by atoms with Gasteiger partial charge in [-0.2, -0.15) is 0 Å². The van der Waals surface area contributed by atoms with Crippen LogP contribution in [-0.4, -0.2) is 31.3 Å². The van der Waals surface area contributed by atoms with E-state index in [9.17, 15) is 13.2 Å². The molecule has 6 heteroatoms. The van der Waals surface area contributed by atoms with Crippen LogP contribution in [0.2, 0.25) is 0 Å². The Bertz CT molecular complexity index is 428. The van der Waals surface area contributed by atoms with Crippen molar-refractivity contribution in [3.05, 3.63) is 24.4 Å². The zero-order chi connectivity index (χ0) is 11.3. The van der Waals surface area contributed by atoms with Crippen molar-refractivity contribution >= 4 is 21.6 Å². The summed E-state index contributed by atoms with van der Waals surface area (Å²) in [6.07, 6.45) is 2.60. The fraction of sp³-hybridized carbons (Fsp3) is 0.333. The third-order valence-corrected chi connectivity index (χ3v) is 2.58. The molecule has 1 rings (SSSR count). The van der Waals surface area contributed by atoms with Gasteiger partial charge in [-0.25, -0.2) is 13.4 Å². The molecule has 0 radical (unpaired) electrons. The van der Waals surface area contributed by atoms with Crippen molar-refractivity contribution in [3.63, 3.8) is 0 Å². The number of hydrogen-bond acceptors (Lipinski definition) is 4. The molecule has 0 saturated carbocycles. The van der Waals surface area contributed by atoms with E-state index in [0.717, 1.165) is 6.26 Å². The fourth-order valence-electron chi connectivity index (χ4n) is 0.920. The Hall–Kier alpha value is -1.43. The summed E-state index contributed by atoms with van der Waals surface area (Å²) in [5.74, 6) is -0.0683. The summed E-state index contributed by atoms with van der Waals surface area (Å²) >= 11 is 0. The minimum atomic E-state index is -3.09. The monoisotopic (exact) mass is 228 g/mol. The number of pyridine rings is 1. The van der Waals surface area contributed by atoms with E-state index in [1.54, 1.807) is 24.4 Å². The molecule has 5 nitrogen and oxygen atoms in total. The van der Waals surface area contributed by atoms with Crippen molar-refractivity contribution in [2.75, 3.05) is 17.3 Å². The Morgan fingerprint density at radius 2 is 2.20 bits per heavy atom. The van der Waals surface area contributed by atoms with Crippen molar-refractivity contribution in [3.8, 4) is 0 Å². The lowest BCUT2D eigenvalue weighted by Crippen LogP contribution is -2.17. The number of carbonyl (C=O) groups is 1. The third kappa shape index (κ3) is 5.11. The molecule has 1 N–H and O–H groups in total. The van der Waals surface area contributed by atoms with Gasteiger partial charge in [0.2, 0.25) is 5.91 Å². The van der Waals surface area contributed by atoms with Gasteiger partial charge in [-0.15, -0.1) is 0 Å². The van der Waals surface area contributed by atoms with Crippen LogP contribution in [0.5, 0.6) is 0 Å². The first-order chi connectivity index (χ1) is 6.97. The maximum Gasteiger partial charge on any atom is 0.226 e. The van der Waals surface area contributed by atoms with Gasteiger partial charge in [0.25, 0.3) is 0 Å². The minimum absolute atomic E-state index is 0.0462. The first kappa shape index (κ1) is 11.6. The molecular formula is C9H12N2O3S. The number of carbonyl (C=O) groups excluding carboxylic acids is 1. The van der Waals surface area contributed by atoms with E-state index in [2.05, 4.69) is 10.3 Å². The van der Waals surface area contributed by atoms with Gasteiger partial charge in [0, 0.05) is 18.9 Å². The Morgan fingerprint density at radius 1 is 1.47 bits per heavy atom. The number of rotatable bonds is 4. The van der Waals surface area contributed by atoms with Crippen molar-refractivity contribution in [2.45, 2.75) is 6.42 Å². The highest BCUT2D eigenvalue weighted by Crippen LogP contribution is 2.01. The highest BCUT2D eigenvalue weighted by molar-refractivity contribution is 7.90. The second kappa shape index (κ2) is 4.88. The molecule has 0 spiro atoms. The summed E-state index contributed by atoms with van der Waals surface area (Å²) < 4.78 is 21.6. The minimum Gasteiger partial charge on any atom is -0.311 e. The second-order valence-corrected chi connectivity index (χ2v) is 5.40. The molecule has 0 fully saturated rings. The quantitative estimate of drug-likeness (QED) is 0.812. The maximum absolute atomic E-state index is 11.2. The Morgan fingerprint density at radius 3 is 2.73 bits per heavy atom. The second-order valence-electron chi connectivity index (χ2n) is 3.14. The molecule has 0 aliphatic heterocycles. The van der Waals surface area contributed by atoms with E-state index >= 15 is 0 Å². The van der Waals surface area contributed by atoms with Gasteiger partial charge in [0.1, 0.15) is 15.7 Å². The summed E-state index contributed by atoms with van der Waals surface area (Å²) in [5, 5.41) is 2.50. The van der Waals surface area contributed by atoms with Crippen LogP contribution in [0, 0.1) is 0 Å². The number of sulfone groups is 1. The molecule has 15 heavy (non-hydrogen) atoms. The first-order valence-electron chi connectivity index (χ1n) is 4.36. The molecule has 0 atom stereocenters. The molecule has 0 unspecified atom stereocenters. The molecule has 1 heterocycles. The van der Waals surface area contributed by atoms with E-state index in [0.29, 0.717) is 5.82 Å². The molecule has 0 aliphatic rings. The number of aromatic nitrogens is 1. The highest BCUT2D eigenvalue weighted by Gasteiger charge is 2.08. The summed E-state index contributed by atoms with van der Waals surface area (Å²) in [6.45, 7) is 0. The predicted octanol–water partition coefficient (Wildman–Crippen LogP) is 0.455. The number of nitrogens with zero attached hydrogens (tertiary/aromatic N) is 1. The molecule has 1 aromatic rings. The van der Waals surface area contributed by atoms with Crippen LogP contribution in [0.25, 0.3) is 0 Å². The molecule has 1 aromatic heterocycles. The fourth-order valence-corrected chi connectivity index (χ4v) is 1.48. The Kier molecular flexibility index (Phi) is 3.79. The van der Waals surface area contributed by atoms with Crippen LogP contribution in [0.1, 0.15) is 6.42 Å². The van der Waals surface area contributed by atoms with Crippen LogP contribution >= 0.6 is 0 Å². The first-order valence-corrected chi connectivity index (χ1v) is 6.42. The van der Waals surface area contributed by atoms with Crippen LogP contribution in [0.15, 0.2) is 24.4 Å². The van der Waals surface area contributed by atoms with Gasteiger partial charge in [-0.1, -0.05) is 6.07 Å². The highest BCUT2D eigenvalue weighted by atomic mass is 32.2. The van der Waals surface area contributed by atoms with Crippen LogP contribution in [0.4, 0.5) is 5.82 Å². The van der Waals surface area contributed by atoms with Crippen molar-refractivity contribution in [1.29, 1.82) is 0 Å². The number of nitrogens with one attached hydrogen (secondary N) is 1. The van der Waals surface area contributed by atoms with Gasteiger partial charge >= 0.3 is 0 Å². The number of hydrogen-bond donors (Lipinski definition) is 1. The van der Waals surface area contributed by atoms with Crippen LogP contribution in [-0.2, 0) is 14.6 Å². The van der Waals surface area contributed by atoms with Crippen molar-refractivity contribution in [1.82, 2.24) is 4.98 Å². The lowest BCUT2D eigenvalue weighted by molar-refractivity contribution is -0.115. The van der Waals surface area contributed by atoms with Gasteiger partial charge in [-0.05, 0) is 12.1 Å². The predicted molar refractivity (Wildman–Crippen MR) is 57.2 cm³/mol. The molecule has 82 valence electrons. The zero-order valence-electron chi connectivity index (χ0n) is 8.30.